The molecule has 0 bridgehead atoms. The lowest BCUT2D eigenvalue weighted by atomic mass is 9.84. The Morgan fingerprint density at radius 1 is 1.31 bits per heavy atom. The van der Waals surface area contributed by atoms with Gasteiger partial charge in [0.05, 0.1) is 6.61 Å². The van der Waals surface area contributed by atoms with E-state index in [2.05, 4.69) is 24.3 Å². The molecule has 0 saturated carbocycles. The second kappa shape index (κ2) is 3.90. The second-order valence-corrected chi connectivity index (χ2v) is 3.71. The summed E-state index contributed by atoms with van der Waals surface area (Å²) in [6, 6.07) is 8.63. The molecule has 1 aliphatic carbocycles. The van der Waals surface area contributed by atoms with Crippen molar-refractivity contribution in [3.8, 4) is 0 Å². The van der Waals surface area contributed by atoms with Crippen molar-refractivity contribution in [2.75, 3.05) is 6.61 Å². The zero-order valence-electron chi connectivity index (χ0n) is 7.70. The second-order valence-electron chi connectivity index (χ2n) is 3.71. The highest BCUT2D eigenvalue weighted by molar-refractivity contribution is 5.29. The van der Waals surface area contributed by atoms with Gasteiger partial charge in [-0.15, -0.1) is 0 Å². The van der Waals surface area contributed by atoms with E-state index >= 15 is 0 Å². The van der Waals surface area contributed by atoms with Gasteiger partial charge in [0.15, 0.2) is 0 Å². The average molecular weight is 177 g/mol. The molecule has 1 unspecified atom stereocenters. The van der Waals surface area contributed by atoms with Crippen molar-refractivity contribution in [1.82, 2.24) is 0 Å². The third-order valence-corrected chi connectivity index (χ3v) is 2.78. The molecule has 2 N–H and O–H groups in total. The molecule has 0 amide bonds. The Morgan fingerprint density at radius 2 is 2.08 bits per heavy atom. The molecule has 0 heterocycles. The van der Waals surface area contributed by atoms with Crippen molar-refractivity contribution in [1.29, 1.82) is 0 Å². The first-order chi connectivity index (χ1) is 6.40. The van der Waals surface area contributed by atoms with Crippen molar-refractivity contribution in [2.24, 2.45) is 11.8 Å². The van der Waals surface area contributed by atoms with Gasteiger partial charge in [-0.25, -0.2) is 5.90 Å². The third kappa shape index (κ3) is 1.90. The monoisotopic (exact) mass is 177 g/mol. The van der Waals surface area contributed by atoms with Crippen LogP contribution in [0, 0.1) is 5.92 Å². The van der Waals surface area contributed by atoms with E-state index in [1.807, 2.05) is 0 Å². The van der Waals surface area contributed by atoms with Gasteiger partial charge in [-0.2, -0.15) is 0 Å². The van der Waals surface area contributed by atoms with Crippen LogP contribution in [0.2, 0.25) is 0 Å². The predicted octanol–water partition coefficient (Wildman–Crippen LogP) is 1.68. The van der Waals surface area contributed by atoms with E-state index in [9.17, 15) is 0 Å². The first-order valence-electron chi connectivity index (χ1n) is 4.78. The van der Waals surface area contributed by atoms with Crippen molar-refractivity contribution < 1.29 is 4.84 Å². The number of nitrogens with two attached hydrogens (primary N) is 1. The molecule has 1 atom stereocenters. The molecule has 0 fully saturated rings. The summed E-state index contributed by atoms with van der Waals surface area (Å²) in [6.07, 6.45) is 3.49. The highest BCUT2D eigenvalue weighted by atomic mass is 16.6. The van der Waals surface area contributed by atoms with Crippen molar-refractivity contribution >= 4 is 0 Å². The van der Waals surface area contributed by atoms with Gasteiger partial charge in [-0.1, -0.05) is 24.3 Å². The SMILES string of the molecule is NOCC1CCc2ccccc2C1. The zero-order valence-corrected chi connectivity index (χ0v) is 7.70. The number of benzene rings is 1. The molecular weight excluding hydrogens is 162 g/mol. The highest BCUT2D eigenvalue weighted by Crippen LogP contribution is 2.24. The summed E-state index contributed by atoms with van der Waals surface area (Å²) in [6.45, 7) is 0.689. The van der Waals surface area contributed by atoms with E-state index in [0.29, 0.717) is 12.5 Å². The fourth-order valence-corrected chi connectivity index (χ4v) is 2.05. The zero-order chi connectivity index (χ0) is 9.10. The molecule has 1 aromatic rings. The highest BCUT2D eigenvalue weighted by Gasteiger charge is 2.17. The first kappa shape index (κ1) is 8.73. The Labute approximate surface area is 78.7 Å². The van der Waals surface area contributed by atoms with Gasteiger partial charge < -0.3 is 4.84 Å². The third-order valence-electron chi connectivity index (χ3n) is 2.78. The molecule has 2 nitrogen and oxygen atoms in total. The molecule has 0 saturated heterocycles. The lowest BCUT2D eigenvalue weighted by molar-refractivity contribution is 0.0960. The summed E-state index contributed by atoms with van der Waals surface area (Å²) in [4.78, 5) is 4.70. The van der Waals surface area contributed by atoms with Gasteiger partial charge >= 0.3 is 0 Å². The molecule has 2 heteroatoms. The molecule has 0 aromatic heterocycles. The maximum absolute atomic E-state index is 5.08. The van der Waals surface area contributed by atoms with Crippen LogP contribution in [0.3, 0.4) is 0 Å². The van der Waals surface area contributed by atoms with Crippen LogP contribution in [0.15, 0.2) is 24.3 Å². The first-order valence-corrected chi connectivity index (χ1v) is 4.78. The molecular formula is C11H15NO. The van der Waals surface area contributed by atoms with Gasteiger partial charge in [0, 0.05) is 0 Å². The minimum atomic E-state index is 0.611. The Balaban J connectivity index is 2.11. The normalized spacial score (nSPS) is 21.2. The number of aryl methyl sites for hydroxylation is 1. The minimum Gasteiger partial charge on any atom is -0.304 e. The van der Waals surface area contributed by atoms with E-state index in [-0.39, 0.29) is 0 Å². The van der Waals surface area contributed by atoms with Crippen molar-refractivity contribution in [3.63, 3.8) is 0 Å². The van der Waals surface area contributed by atoms with Crippen LogP contribution in [-0.4, -0.2) is 6.61 Å². The summed E-state index contributed by atoms with van der Waals surface area (Å²) in [5, 5.41) is 0. The van der Waals surface area contributed by atoms with Gasteiger partial charge in [0.2, 0.25) is 0 Å². The number of hydrogen-bond acceptors (Lipinski definition) is 2. The summed E-state index contributed by atoms with van der Waals surface area (Å²) in [5.41, 5.74) is 2.96. The maximum atomic E-state index is 5.08. The number of rotatable bonds is 2. The standard InChI is InChI=1S/C11H15NO/c12-13-8-9-5-6-10-3-1-2-4-11(10)7-9/h1-4,9H,5-8,12H2. The Morgan fingerprint density at radius 3 is 2.85 bits per heavy atom. The summed E-state index contributed by atoms with van der Waals surface area (Å²) >= 11 is 0. The molecule has 1 aliphatic rings. The van der Waals surface area contributed by atoms with Crippen LogP contribution < -0.4 is 5.90 Å². The molecule has 0 radical (unpaired) electrons. The summed E-state index contributed by atoms with van der Waals surface area (Å²) in [5.74, 6) is 5.69. The van der Waals surface area contributed by atoms with Gasteiger partial charge in [0.1, 0.15) is 0 Å². The van der Waals surface area contributed by atoms with E-state index in [1.54, 1.807) is 0 Å². The van der Waals surface area contributed by atoms with E-state index in [1.165, 1.54) is 24.0 Å². The molecule has 1 aromatic carbocycles. The van der Waals surface area contributed by atoms with Crippen LogP contribution in [0.4, 0.5) is 0 Å². The lowest BCUT2D eigenvalue weighted by Gasteiger charge is -2.23. The Bertz CT molecular complexity index is 285. The maximum Gasteiger partial charge on any atom is 0.0710 e. The van der Waals surface area contributed by atoms with Gasteiger partial charge in [-0.3, -0.25) is 0 Å². The molecule has 70 valence electrons. The van der Waals surface area contributed by atoms with Gasteiger partial charge in [-0.05, 0) is 36.3 Å². The van der Waals surface area contributed by atoms with E-state index < -0.39 is 0 Å². The average Bonchev–Trinajstić information content (AvgIpc) is 2.18. The van der Waals surface area contributed by atoms with Crippen molar-refractivity contribution in [3.05, 3.63) is 35.4 Å². The Kier molecular flexibility index (Phi) is 2.62. The van der Waals surface area contributed by atoms with Crippen LogP contribution >= 0.6 is 0 Å². The number of fused-ring (bicyclic) bond motifs is 1. The number of hydrogen-bond donors (Lipinski definition) is 1. The molecule has 0 spiro atoms. The van der Waals surface area contributed by atoms with E-state index in [0.717, 1.165) is 6.42 Å². The van der Waals surface area contributed by atoms with Crippen LogP contribution in [0.25, 0.3) is 0 Å². The topological polar surface area (TPSA) is 35.2 Å². The predicted molar refractivity (Wildman–Crippen MR) is 52.1 cm³/mol. The fourth-order valence-electron chi connectivity index (χ4n) is 2.05. The van der Waals surface area contributed by atoms with Gasteiger partial charge in [0.25, 0.3) is 0 Å². The molecule has 0 aliphatic heterocycles. The van der Waals surface area contributed by atoms with Crippen LogP contribution in [0.1, 0.15) is 17.5 Å². The van der Waals surface area contributed by atoms with Crippen LogP contribution in [0.5, 0.6) is 0 Å². The van der Waals surface area contributed by atoms with E-state index in [4.69, 9.17) is 10.7 Å². The molecule has 13 heavy (non-hydrogen) atoms. The molecule has 2 rings (SSSR count). The van der Waals surface area contributed by atoms with Crippen LogP contribution in [-0.2, 0) is 17.7 Å². The van der Waals surface area contributed by atoms with Crippen molar-refractivity contribution in [2.45, 2.75) is 19.3 Å². The summed E-state index contributed by atoms with van der Waals surface area (Å²) < 4.78 is 0. The Hall–Kier alpha value is -0.860. The lowest BCUT2D eigenvalue weighted by Crippen LogP contribution is -2.20. The minimum absolute atomic E-state index is 0.611. The largest absolute Gasteiger partial charge is 0.304 e. The summed E-state index contributed by atoms with van der Waals surface area (Å²) in [7, 11) is 0. The fraction of sp³-hybridized carbons (Fsp3) is 0.455. The smallest absolute Gasteiger partial charge is 0.0710 e. The quantitative estimate of drug-likeness (QED) is 0.697.